The zero-order valence-electron chi connectivity index (χ0n) is 17.5. The van der Waals surface area contributed by atoms with Crippen molar-refractivity contribution in [1.29, 1.82) is 0 Å². The third kappa shape index (κ3) is 5.78. The molecule has 3 rings (SSSR count). The SMILES string of the molecule is CN(C)CCCCCCN1C=C(C2=CCCCC2)c2cc(O)c(Cl)cc2CC1. The molecule has 0 bridgehead atoms. The highest BCUT2D eigenvalue weighted by molar-refractivity contribution is 6.32. The number of rotatable bonds is 8. The number of hydrogen-bond donors (Lipinski definition) is 1. The van der Waals surface area contributed by atoms with Gasteiger partial charge < -0.3 is 14.9 Å². The van der Waals surface area contributed by atoms with E-state index in [0.717, 1.165) is 32.4 Å². The van der Waals surface area contributed by atoms with E-state index in [1.807, 2.05) is 12.1 Å². The highest BCUT2D eigenvalue weighted by atomic mass is 35.5. The number of aromatic hydroxyl groups is 1. The summed E-state index contributed by atoms with van der Waals surface area (Å²) in [6.45, 7) is 3.30. The summed E-state index contributed by atoms with van der Waals surface area (Å²) >= 11 is 6.22. The summed E-state index contributed by atoms with van der Waals surface area (Å²) in [4.78, 5) is 4.75. The Kier molecular flexibility index (Phi) is 7.87. The van der Waals surface area contributed by atoms with Gasteiger partial charge in [0.1, 0.15) is 5.75 Å². The van der Waals surface area contributed by atoms with E-state index in [-0.39, 0.29) is 5.75 Å². The standard InChI is InChI=1S/C24H35ClN2O/c1-26(2)13-8-3-4-9-14-27-15-12-20-16-23(25)24(28)17-21(20)22(18-27)19-10-6-5-7-11-19/h10,16-18,28H,3-9,11-15H2,1-2H3. The molecular weight excluding hydrogens is 368 g/mol. The van der Waals surface area contributed by atoms with Gasteiger partial charge in [-0.1, -0.05) is 30.5 Å². The molecule has 1 aliphatic heterocycles. The maximum Gasteiger partial charge on any atom is 0.134 e. The second kappa shape index (κ2) is 10.4. The smallest absolute Gasteiger partial charge is 0.134 e. The van der Waals surface area contributed by atoms with Gasteiger partial charge in [-0.05, 0) is 94.4 Å². The largest absolute Gasteiger partial charge is 0.506 e. The minimum atomic E-state index is 0.192. The zero-order chi connectivity index (χ0) is 19.9. The molecule has 0 radical (unpaired) electrons. The third-order valence-corrected chi connectivity index (χ3v) is 6.18. The van der Waals surface area contributed by atoms with Gasteiger partial charge in [-0.15, -0.1) is 0 Å². The van der Waals surface area contributed by atoms with Gasteiger partial charge in [0.2, 0.25) is 0 Å². The molecule has 0 saturated carbocycles. The molecule has 1 heterocycles. The molecule has 0 fully saturated rings. The van der Waals surface area contributed by atoms with Crippen molar-refractivity contribution < 1.29 is 5.11 Å². The van der Waals surface area contributed by atoms with Gasteiger partial charge >= 0.3 is 0 Å². The van der Waals surface area contributed by atoms with Crippen molar-refractivity contribution in [3.05, 3.63) is 46.1 Å². The number of fused-ring (bicyclic) bond motifs is 1. The first-order valence-electron chi connectivity index (χ1n) is 10.9. The monoisotopic (exact) mass is 402 g/mol. The van der Waals surface area contributed by atoms with Crippen LogP contribution in [0.25, 0.3) is 5.57 Å². The van der Waals surface area contributed by atoms with Crippen LogP contribution in [-0.4, -0.2) is 48.6 Å². The predicted molar refractivity (Wildman–Crippen MR) is 120 cm³/mol. The van der Waals surface area contributed by atoms with Crippen LogP contribution in [0.3, 0.4) is 0 Å². The van der Waals surface area contributed by atoms with Crippen LogP contribution in [0.1, 0.15) is 62.5 Å². The lowest BCUT2D eigenvalue weighted by Gasteiger charge is -2.22. The van der Waals surface area contributed by atoms with Gasteiger partial charge in [-0.25, -0.2) is 0 Å². The molecule has 4 heteroatoms. The van der Waals surface area contributed by atoms with Crippen molar-refractivity contribution in [3.63, 3.8) is 0 Å². The van der Waals surface area contributed by atoms with E-state index in [9.17, 15) is 5.11 Å². The normalized spacial score (nSPS) is 17.2. The molecule has 2 aliphatic rings. The van der Waals surface area contributed by atoms with Crippen molar-refractivity contribution in [2.24, 2.45) is 0 Å². The average molecular weight is 403 g/mol. The number of unbranched alkanes of at least 4 members (excludes halogenated alkanes) is 3. The number of nitrogens with zero attached hydrogens (tertiary/aromatic N) is 2. The minimum Gasteiger partial charge on any atom is -0.506 e. The predicted octanol–water partition coefficient (Wildman–Crippen LogP) is 5.87. The van der Waals surface area contributed by atoms with E-state index < -0.39 is 0 Å². The second-order valence-corrected chi connectivity index (χ2v) is 8.89. The highest BCUT2D eigenvalue weighted by Crippen LogP contribution is 2.38. The van der Waals surface area contributed by atoms with E-state index in [1.54, 1.807) is 0 Å². The number of halogens is 1. The maximum atomic E-state index is 10.2. The van der Waals surface area contributed by atoms with Gasteiger partial charge in [0.05, 0.1) is 5.02 Å². The molecule has 1 N–H and O–H groups in total. The number of allylic oxidation sites excluding steroid dienone is 3. The minimum absolute atomic E-state index is 0.192. The summed E-state index contributed by atoms with van der Waals surface area (Å²) in [6, 6.07) is 3.85. The van der Waals surface area contributed by atoms with Crippen LogP contribution in [0.15, 0.2) is 30.0 Å². The third-order valence-electron chi connectivity index (χ3n) is 5.88. The Labute approximate surface area is 175 Å². The molecule has 0 saturated heterocycles. The molecular formula is C24H35ClN2O. The average Bonchev–Trinajstić information content (AvgIpc) is 2.85. The van der Waals surface area contributed by atoms with Gasteiger partial charge in [0, 0.05) is 24.9 Å². The van der Waals surface area contributed by atoms with E-state index in [2.05, 4.69) is 36.2 Å². The van der Waals surface area contributed by atoms with Crippen LogP contribution >= 0.6 is 11.6 Å². The number of phenolic OH excluding ortho intramolecular Hbond substituents is 1. The Balaban J connectivity index is 1.72. The lowest BCUT2D eigenvalue weighted by Crippen LogP contribution is -2.21. The second-order valence-electron chi connectivity index (χ2n) is 8.48. The number of phenols is 1. The van der Waals surface area contributed by atoms with Crippen LogP contribution in [0.2, 0.25) is 5.02 Å². The van der Waals surface area contributed by atoms with E-state index >= 15 is 0 Å². The Morgan fingerprint density at radius 2 is 1.89 bits per heavy atom. The molecule has 3 nitrogen and oxygen atoms in total. The Morgan fingerprint density at radius 1 is 1.07 bits per heavy atom. The Hall–Kier alpha value is -1.45. The first-order chi connectivity index (χ1) is 13.5. The molecule has 1 aliphatic carbocycles. The molecule has 1 aromatic rings. The van der Waals surface area contributed by atoms with Crippen LogP contribution < -0.4 is 0 Å². The van der Waals surface area contributed by atoms with Crippen LogP contribution in [0.5, 0.6) is 5.75 Å². The fraction of sp³-hybridized carbons (Fsp3) is 0.583. The Morgan fingerprint density at radius 3 is 2.64 bits per heavy atom. The zero-order valence-corrected chi connectivity index (χ0v) is 18.3. The van der Waals surface area contributed by atoms with Crippen LogP contribution in [0, 0.1) is 0 Å². The molecule has 0 atom stereocenters. The molecule has 0 unspecified atom stereocenters. The van der Waals surface area contributed by atoms with E-state index in [0.29, 0.717) is 5.02 Å². The molecule has 0 spiro atoms. The highest BCUT2D eigenvalue weighted by Gasteiger charge is 2.20. The van der Waals surface area contributed by atoms with Crippen molar-refractivity contribution in [2.75, 3.05) is 33.7 Å². The van der Waals surface area contributed by atoms with Crippen molar-refractivity contribution in [1.82, 2.24) is 9.80 Å². The van der Waals surface area contributed by atoms with E-state index in [1.165, 1.54) is 67.3 Å². The quantitative estimate of drug-likeness (QED) is 0.551. The van der Waals surface area contributed by atoms with Gasteiger partial charge in [0.25, 0.3) is 0 Å². The summed E-state index contributed by atoms with van der Waals surface area (Å²) in [5.74, 6) is 0.192. The van der Waals surface area contributed by atoms with Gasteiger partial charge in [0.15, 0.2) is 0 Å². The van der Waals surface area contributed by atoms with Crippen LogP contribution in [0.4, 0.5) is 0 Å². The fourth-order valence-electron chi connectivity index (χ4n) is 4.25. The van der Waals surface area contributed by atoms with Gasteiger partial charge in [-0.3, -0.25) is 0 Å². The topological polar surface area (TPSA) is 26.7 Å². The Bertz CT molecular complexity index is 724. The van der Waals surface area contributed by atoms with Crippen molar-refractivity contribution in [3.8, 4) is 5.75 Å². The number of hydrogen-bond acceptors (Lipinski definition) is 3. The lowest BCUT2D eigenvalue weighted by molar-refractivity contribution is 0.358. The summed E-state index contributed by atoms with van der Waals surface area (Å²) in [5, 5.41) is 10.7. The van der Waals surface area contributed by atoms with Crippen molar-refractivity contribution >= 4 is 17.2 Å². The molecule has 0 aromatic heterocycles. The van der Waals surface area contributed by atoms with Crippen LogP contribution in [-0.2, 0) is 6.42 Å². The fourth-order valence-corrected chi connectivity index (χ4v) is 4.44. The summed E-state index contributed by atoms with van der Waals surface area (Å²) in [7, 11) is 4.29. The molecule has 0 amide bonds. The molecule has 28 heavy (non-hydrogen) atoms. The number of benzene rings is 1. The summed E-state index contributed by atoms with van der Waals surface area (Å²) in [6.07, 6.45) is 15.7. The maximum absolute atomic E-state index is 10.2. The summed E-state index contributed by atoms with van der Waals surface area (Å²) in [5.41, 5.74) is 5.16. The molecule has 154 valence electrons. The summed E-state index contributed by atoms with van der Waals surface area (Å²) < 4.78 is 0. The lowest BCUT2D eigenvalue weighted by atomic mass is 9.87. The van der Waals surface area contributed by atoms with E-state index in [4.69, 9.17) is 11.6 Å². The van der Waals surface area contributed by atoms with Crippen molar-refractivity contribution in [2.45, 2.75) is 57.8 Å². The first kappa shape index (κ1) is 21.3. The first-order valence-corrected chi connectivity index (χ1v) is 11.2. The molecule has 1 aromatic carbocycles. The van der Waals surface area contributed by atoms with Gasteiger partial charge in [-0.2, -0.15) is 0 Å².